The molecule has 2 heterocycles. The van der Waals surface area contributed by atoms with Crippen molar-refractivity contribution in [3.8, 4) is 0 Å². The number of ether oxygens (including phenoxy) is 1. The lowest BCUT2D eigenvalue weighted by molar-refractivity contribution is 0.0235. The van der Waals surface area contributed by atoms with E-state index in [-0.39, 0.29) is 11.6 Å². The van der Waals surface area contributed by atoms with Crippen LogP contribution in [0.4, 0.5) is 4.79 Å². The molecule has 110 valence electrons. The second-order valence-electron chi connectivity index (χ2n) is 7.20. The van der Waals surface area contributed by atoms with Crippen molar-refractivity contribution in [3.05, 3.63) is 0 Å². The van der Waals surface area contributed by atoms with Gasteiger partial charge in [0.15, 0.2) is 0 Å². The van der Waals surface area contributed by atoms with Crippen LogP contribution in [0.25, 0.3) is 0 Å². The Bertz CT molecular complexity index is 332. The summed E-state index contributed by atoms with van der Waals surface area (Å²) < 4.78 is 5.47. The Kier molecular flexibility index (Phi) is 4.09. The van der Waals surface area contributed by atoms with E-state index in [0.29, 0.717) is 0 Å². The maximum absolute atomic E-state index is 12.1. The lowest BCUT2D eigenvalue weighted by atomic mass is 9.95. The molecule has 0 aromatic heterocycles. The van der Waals surface area contributed by atoms with Gasteiger partial charge in [-0.1, -0.05) is 6.42 Å². The van der Waals surface area contributed by atoms with Crippen LogP contribution in [0.3, 0.4) is 0 Å². The van der Waals surface area contributed by atoms with Crippen LogP contribution in [-0.4, -0.2) is 53.2 Å². The van der Waals surface area contributed by atoms with Crippen LogP contribution in [0.1, 0.15) is 53.4 Å². The fraction of sp³-hybridized carbons (Fsp3) is 0.933. The minimum absolute atomic E-state index is 0.150. The Labute approximate surface area is 117 Å². The molecule has 0 aliphatic carbocycles. The highest BCUT2D eigenvalue weighted by Crippen LogP contribution is 2.31. The van der Waals surface area contributed by atoms with Gasteiger partial charge in [-0.05, 0) is 60.0 Å². The van der Waals surface area contributed by atoms with Gasteiger partial charge in [-0.2, -0.15) is 0 Å². The van der Waals surface area contributed by atoms with E-state index in [2.05, 4.69) is 11.8 Å². The van der Waals surface area contributed by atoms with Gasteiger partial charge in [-0.15, -0.1) is 0 Å². The molecule has 1 amide bonds. The SMILES string of the molecule is CC(C)(C)OC(=O)N1CCC(C)(N2CCCCC2)C1. The molecule has 1 unspecified atom stereocenters. The van der Waals surface area contributed by atoms with Gasteiger partial charge in [0.05, 0.1) is 0 Å². The van der Waals surface area contributed by atoms with Crippen LogP contribution < -0.4 is 0 Å². The number of nitrogens with zero attached hydrogens (tertiary/aromatic N) is 2. The molecular formula is C15H28N2O2. The standard InChI is InChI=1S/C15H28N2O2/c1-14(2,3)19-13(18)16-11-8-15(4,12-16)17-9-6-5-7-10-17/h5-12H2,1-4H3. The highest BCUT2D eigenvalue weighted by Gasteiger charge is 2.41. The molecule has 2 saturated heterocycles. The molecule has 0 aromatic carbocycles. The number of hydrogen-bond donors (Lipinski definition) is 0. The lowest BCUT2D eigenvalue weighted by Gasteiger charge is -2.40. The summed E-state index contributed by atoms with van der Waals surface area (Å²) in [6.07, 6.45) is 4.84. The maximum atomic E-state index is 12.1. The summed E-state index contributed by atoms with van der Waals surface area (Å²) in [5.41, 5.74) is -0.251. The van der Waals surface area contributed by atoms with Gasteiger partial charge in [-0.25, -0.2) is 4.79 Å². The number of piperidine rings is 1. The third-order valence-corrected chi connectivity index (χ3v) is 4.22. The number of amides is 1. The molecule has 2 aliphatic heterocycles. The molecule has 2 fully saturated rings. The quantitative estimate of drug-likeness (QED) is 0.733. The average Bonchev–Trinajstić information content (AvgIpc) is 2.73. The fourth-order valence-electron chi connectivity index (χ4n) is 3.12. The zero-order valence-corrected chi connectivity index (χ0v) is 12.9. The Morgan fingerprint density at radius 1 is 1.11 bits per heavy atom. The summed E-state index contributed by atoms with van der Waals surface area (Å²) in [4.78, 5) is 16.6. The molecule has 0 bridgehead atoms. The van der Waals surface area contributed by atoms with E-state index in [9.17, 15) is 4.79 Å². The molecule has 2 rings (SSSR count). The average molecular weight is 268 g/mol. The molecule has 19 heavy (non-hydrogen) atoms. The zero-order chi connectivity index (χ0) is 14.1. The Hall–Kier alpha value is -0.770. The van der Waals surface area contributed by atoms with E-state index in [1.54, 1.807) is 0 Å². The summed E-state index contributed by atoms with van der Waals surface area (Å²) in [6, 6.07) is 0. The third kappa shape index (κ3) is 3.62. The summed E-state index contributed by atoms with van der Waals surface area (Å²) in [5, 5.41) is 0. The number of carbonyl (C=O) groups is 1. The highest BCUT2D eigenvalue weighted by atomic mass is 16.6. The first-order valence-electron chi connectivity index (χ1n) is 7.53. The van der Waals surface area contributed by atoms with Crippen LogP contribution in [0.5, 0.6) is 0 Å². The largest absolute Gasteiger partial charge is 0.444 e. The number of rotatable bonds is 1. The van der Waals surface area contributed by atoms with Crippen LogP contribution in [-0.2, 0) is 4.74 Å². The van der Waals surface area contributed by atoms with Crippen molar-refractivity contribution in [2.24, 2.45) is 0 Å². The van der Waals surface area contributed by atoms with Crippen molar-refractivity contribution >= 4 is 6.09 Å². The minimum Gasteiger partial charge on any atom is -0.444 e. The van der Waals surface area contributed by atoms with E-state index in [1.807, 2.05) is 25.7 Å². The predicted octanol–water partition coefficient (Wildman–Crippen LogP) is 2.87. The van der Waals surface area contributed by atoms with Crippen LogP contribution in [0.15, 0.2) is 0 Å². The van der Waals surface area contributed by atoms with E-state index < -0.39 is 5.60 Å². The second kappa shape index (κ2) is 5.31. The van der Waals surface area contributed by atoms with Crippen molar-refractivity contribution in [1.29, 1.82) is 0 Å². The van der Waals surface area contributed by atoms with Gasteiger partial charge in [0.1, 0.15) is 5.60 Å². The molecule has 0 spiro atoms. The monoisotopic (exact) mass is 268 g/mol. The summed E-state index contributed by atoms with van der Waals surface area (Å²) in [7, 11) is 0. The van der Waals surface area contributed by atoms with Gasteiger partial charge in [0, 0.05) is 18.6 Å². The topological polar surface area (TPSA) is 32.8 Å². The molecule has 1 atom stereocenters. The molecule has 0 aromatic rings. The predicted molar refractivity (Wildman–Crippen MR) is 76.3 cm³/mol. The Morgan fingerprint density at radius 3 is 2.32 bits per heavy atom. The van der Waals surface area contributed by atoms with Crippen molar-refractivity contribution in [2.45, 2.75) is 64.5 Å². The van der Waals surface area contributed by atoms with E-state index in [4.69, 9.17) is 4.74 Å². The van der Waals surface area contributed by atoms with Gasteiger partial charge in [0.2, 0.25) is 0 Å². The molecule has 0 radical (unpaired) electrons. The molecule has 4 nitrogen and oxygen atoms in total. The molecule has 0 saturated carbocycles. The maximum Gasteiger partial charge on any atom is 0.410 e. The van der Waals surface area contributed by atoms with Gasteiger partial charge >= 0.3 is 6.09 Å². The highest BCUT2D eigenvalue weighted by molar-refractivity contribution is 5.68. The molecular weight excluding hydrogens is 240 g/mol. The van der Waals surface area contributed by atoms with Crippen LogP contribution in [0, 0.1) is 0 Å². The minimum atomic E-state index is -0.402. The summed E-state index contributed by atoms with van der Waals surface area (Å²) >= 11 is 0. The van der Waals surface area contributed by atoms with Crippen LogP contribution >= 0.6 is 0 Å². The molecule has 4 heteroatoms. The third-order valence-electron chi connectivity index (χ3n) is 4.22. The summed E-state index contributed by atoms with van der Waals surface area (Å²) in [5.74, 6) is 0. The normalized spacial score (nSPS) is 29.6. The van der Waals surface area contributed by atoms with Crippen molar-refractivity contribution in [2.75, 3.05) is 26.2 Å². The van der Waals surface area contributed by atoms with Gasteiger partial charge in [-0.3, -0.25) is 4.90 Å². The number of hydrogen-bond acceptors (Lipinski definition) is 3. The van der Waals surface area contributed by atoms with E-state index in [0.717, 1.165) is 19.5 Å². The smallest absolute Gasteiger partial charge is 0.410 e. The number of carbonyl (C=O) groups excluding carboxylic acids is 1. The van der Waals surface area contributed by atoms with Gasteiger partial charge in [0.25, 0.3) is 0 Å². The lowest BCUT2D eigenvalue weighted by Crippen LogP contribution is -2.51. The van der Waals surface area contributed by atoms with E-state index in [1.165, 1.54) is 32.4 Å². The summed E-state index contributed by atoms with van der Waals surface area (Å²) in [6.45, 7) is 12.0. The van der Waals surface area contributed by atoms with Crippen molar-refractivity contribution in [1.82, 2.24) is 9.80 Å². The second-order valence-corrected chi connectivity index (χ2v) is 7.20. The molecule has 0 N–H and O–H groups in total. The number of likely N-dealkylation sites (tertiary alicyclic amines) is 2. The van der Waals surface area contributed by atoms with Crippen LogP contribution in [0.2, 0.25) is 0 Å². The Balaban J connectivity index is 1.93. The first kappa shape index (κ1) is 14.6. The fourth-order valence-corrected chi connectivity index (χ4v) is 3.12. The Morgan fingerprint density at radius 2 is 1.74 bits per heavy atom. The molecule has 2 aliphatic rings. The van der Waals surface area contributed by atoms with Crippen molar-refractivity contribution in [3.63, 3.8) is 0 Å². The first-order chi connectivity index (χ1) is 8.80. The zero-order valence-electron chi connectivity index (χ0n) is 12.9. The van der Waals surface area contributed by atoms with Crippen molar-refractivity contribution < 1.29 is 9.53 Å². The first-order valence-corrected chi connectivity index (χ1v) is 7.53. The van der Waals surface area contributed by atoms with Gasteiger partial charge < -0.3 is 9.64 Å². The van der Waals surface area contributed by atoms with E-state index >= 15 is 0 Å².